The van der Waals surface area contributed by atoms with Crippen LogP contribution in [0.25, 0.3) is 0 Å². The zero-order valence-corrected chi connectivity index (χ0v) is 12.4. The Hall–Kier alpha value is -1.46. The smallest absolute Gasteiger partial charge is 0.203 e. The predicted molar refractivity (Wildman–Crippen MR) is 75.7 cm³/mol. The van der Waals surface area contributed by atoms with E-state index in [0.29, 0.717) is 11.5 Å². The number of likely N-dealkylation sites (tertiary alicyclic amines) is 1. The van der Waals surface area contributed by atoms with Crippen LogP contribution in [-0.4, -0.2) is 45.6 Å². The van der Waals surface area contributed by atoms with Crippen LogP contribution in [-0.2, 0) is 6.54 Å². The quantitative estimate of drug-likeness (QED) is 0.813. The summed E-state index contributed by atoms with van der Waals surface area (Å²) in [5.41, 5.74) is 1.08. The van der Waals surface area contributed by atoms with Gasteiger partial charge in [0.15, 0.2) is 11.5 Å². The topological polar surface area (TPSA) is 52.4 Å². The third-order valence-corrected chi connectivity index (χ3v) is 3.82. The van der Waals surface area contributed by atoms with E-state index in [1.54, 1.807) is 21.3 Å². The van der Waals surface area contributed by atoms with E-state index in [1.165, 1.54) is 4.90 Å². The summed E-state index contributed by atoms with van der Waals surface area (Å²) in [5.74, 6) is 2.02. The number of aliphatic hydroxyl groups is 1. The van der Waals surface area contributed by atoms with Gasteiger partial charge < -0.3 is 24.2 Å². The fraction of sp³-hybridized carbons (Fsp3) is 0.600. The summed E-state index contributed by atoms with van der Waals surface area (Å²) >= 11 is 0. The molecule has 0 radical (unpaired) electrons. The Bertz CT molecular complexity index is 450. The molecule has 2 rings (SSSR count). The van der Waals surface area contributed by atoms with Gasteiger partial charge in [-0.1, -0.05) is 0 Å². The van der Waals surface area contributed by atoms with Crippen LogP contribution in [0, 0.1) is 0 Å². The highest BCUT2D eigenvalue weighted by atomic mass is 16.5. The lowest BCUT2D eigenvalue weighted by Crippen LogP contribution is -3.12. The van der Waals surface area contributed by atoms with Crippen molar-refractivity contribution in [1.29, 1.82) is 0 Å². The minimum absolute atomic E-state index is 0.190. The number of rotatable bonds is 5. The van der Waals surface area contributed by atoms with Crippen molar-refractivity contribution in [2.45, 2.75) is 25.5 Å². The molecule has 0 saturated carbocycles. The van der Waals surface area contributed by atoms with Crippen LogP contribution in [0.4, 0.5) is 0 Å². The van der Waals surface area contributed by atoms with Gasteiger partial charge in [0, 0.05) is 0 Å². The maximum absolute atomic E-state index is 9.77. The van der Waals surface area contributed by atoms with Gasteiger partial charge in [-0.2, -0.15) is 0 Å². The molecule has 20 heavy (non-hydrogen) atoms. The van der Waals surface area contributed by atoms with Gasteiger partial charge >= 0.3 is 0 Å². The number of ether oxygens (including phenoxy) is 3. The van der Waals surface area contributed by atoms with E-state index in [4.69, 9.17) is 14.2 Å². The number of nitrogens with one attached hydrogen (secondary N) is 1. The molecule has 0 spiro atoms. The van der Waals surface area contributed by atoms with Crippen molar-refractivity contribution in [3.63, 3.8) is 0 Å². The number of methoxy groups -OCH3 is 3. The van der Waals surface area contributed by atoms with E-state index in [2.05, 4.69) is 0 Å². The molecule has 1 saturated heterocycles. The van der Waals surface area contributed by atoms with E-state index < -0.39 is 0 Å². The summed E-state index contributed by atoms with van der Waals surface area (Å²) in [4.78, 5) is 1.37. The van der Waals surface area contributed by atoms with Crippen LogP contribution in [0.5, 0.6) is 17.2 Å². The van der Waals surface area contributed by atoms with Gasteiger partial charge in [0.05, 0.1) is 33.4 Å². The molecular formula is C15H24NO4+. The van der Waals surface area contributed by atoms with Crippen LogP contribution < -0.4 is 19.1 Å². The molecular weight excluding hydrogens is 258 g/mol. The van der Waals surface area contributed by atoms with E-state index in [0.717, 1.165) is 43.8 Å². The van der Waals surface area contributed by atoms with Crippen molar-refractivity contribution in [1.82, 2.24) is 0 Å². The second-order valence-electron chi connectivity index (χ2n) is 5.17. The number of quaternary nitrogens is 1. The molecule has 0 aromatic heterocycles. The number of piperidine rings is 1. The Morgan fingerprint density at radius 3 is 2.50 bits per heavy atom. The van der Waals surface area contributed by atoms with Gasteiger partial charge in [-0.15, -0.1) is 0 Å². The van der Waals surface area contributed by atoms with E-state index in [9.17, 15) is 5.11 Å². The third-order valence-electron chi connectivity index (χ3n) is 3.82. The van der Waals surface area contributed by atoms with E-state index in [-0.39, 0.29) is 6.10 Å². The SMILES string of the molecule is COc1ccc(C[NH+]2CCC[C@H](O)C2)c(OC)c1OC. The maximum atomic E-state index is 9.77. The molecule has 1 aliphatic heterocycles. The third kappa shape index (κ3) is 3.16. The summed E-state index contributed by atoms with van der Waals surface area (Å²) in [7, 11) is 4.87. The Morgan fingerprint density at radius 2 is 1.90 bits per heavy atom. The summed E-state index contributed by atoms with van der Waals surface area (Å²) in [6, 6.07) is 3.91. The van der Waals surface area contributed by atoms with Crippen molar-refractivity contribution in [2.24, 2.45) is 0 Å². The highest BCUT2D eigenvalue weighted by Crippen LogP contribution is 2.39. The molecule has 1 aliphatic rings. The zero-order chi connectivity index (χ0) is 14.5. The van der Waals surface area contributed by atoms with Gasteiger partial charge in [-0.3, -0.25) is 0 Å². The number of hydrogen-bond acceptors (Lipinski definition) is 4. The van der Waals surface area contributed by atoms with Crippen molar-refractivity contribution in [2.75, 3.05) is 34.4 Å². The number of benzene rings is 1. The first kappa shape index (κ1) is 14.9. The first-order valence-corrected chi connectivity index (χ1v) is 6.99. The van der Waals surface area contributed by atoms with Crippen molar-refractivity contribution in [3.8, 4) is 17.2 Å². The Balaban J connectivity index is 2.22. The molecule has 1 heterocycles. The molecule has 5 nitrogen and oxygen atoms in total. The first-order chi connectivity index (χ1) is 9.69. The predicted octanol–water partition coefficient (Wildman–Crippen LogP) is 0.252. The molecule has 2 atom stereocenters. The second-order valence-corrected chi connectivity index (χ2v) is 5.17. The van der Waals surface area contributed by atoms with Crippen molar-refractivity contribution >= 4 is 0 Å². The standard InChI is InChI=1S/C15H23NO4/c1-18-13-7-6-11(14(19-2)15(13)20-3)9-16-8-4-5-12(17)10-16/h6-7,12,17H,4-5,8-10H2,1-3H3/p+1/t12-/m0/s1. The minimum atomic E-state index is -0.190. The Morgan fingerprint density at radius 1 is 1.15 bits per heavy atom. The van der Waals surface area contributed by atoms with Crippen LogP contribution in [0.15, 0.2) is 12.1 Å². The van der Waals surface area contributed by atoms with Gasteiger partial charge in [0.25, 0.3) is 0 Å². The summed E-state index contributed by atoms with van der Waals surface area (Å²) < 4.78 is 16.2. The normalized spacial score (nSPS) is 22.4. The molecule has 112 valence electrons. The highest BCUT2D eigenvalue weighted by Gasteiger charge is 2.24. The Labute approximate surface area is 120 Å². The summed E-state index contributed by atoms with van der Waals surface area (Å²) in [6.45, 7) is 2.69. The lowest BCUT2D eigenvalue weighted by Gasteiger charge is -2.27. The molecule has 2 N–H and O–H groups in total. The molecule has 5 heteroatoms. The van der Waals surface area contributed by atoms with Crippen LogP contribution in [0.2, 0.25) is 0 Å². The van der Waals surface area contributed by atoms with Crippen molar-refractivity contribution in [3.05, 3.63) is 17.7 Å². The lowest BCUT2D eigenvalue weighted by atomic mass is 10.1. The molecule has 1 fully saturated rings. The molecule has 0 bridgehead atoms. The van der Waals surface area contributed by atoms with E-state index >= 15 is 0 Å². The largest absolute Gasteiger partial charge is 0.493 e. The van der Waals surface area contributed by atoms with Crippen molar-refractivity contribution < 1.29 is 24.2 Å². The van der Waals surface area contributed by atoms with Gasteiger partial charge in [0.2, 0.25) is 5.75 Å². The molecule has 1 aromatic rings. The average molecular weight is 282 g/mol. The summed E-state index contributed by atoms with van der Waals surface area (Å²) in [5, 5.41) is 9.77. The minimum Gasteiger partial charge on any atom is -0.493 e. The van der Waals surface area contributed by atoms with Gasteiger partial charge in [0.1, 0.15) is 19.2 Å². The van der Waals surface area contributed by atoms with Crippen LogP contribution in [0.3, 0.4) is 0 Å². The molecule has 1 aromatic carbocycles. The average Bonchev–Trinajstić information content (AvgIpc) is 2.46. The van der Waals surface area contributed by atoms with E-state index in [1.807, 2.05) is 12.1 Å². The fourth-order valence-corrected chi connectivity index (χ4v) is 2.86. The summed E-state index contributed by atoms with van der Waals surface area (Å²) in [6.07, 6.45) is 1.78. The molecule has 0 amide bonds. The van der Waals surface area contributed by atoms with Gasteiger partial charge in [-0.05, 0) is 25.0 Å². The highest BCUT2D eigenvalue weighted by molar-refractivity contribution is 5.55. The monoisotopic (exact) mass is 282 g/mol. The lowest BCUT2D eigenvalue weighted by molar-refractivity contribution is -0.921. The van der Waals surface area contributed by atoms with Crippen LogP contribution >= 0.6 is 0 Å². The number of hydrogen-bond donors (Lipinski definition) is 2. The molecule has 1 unspecified atom stereocenters. The van der Waals surface area contributed by atoms with Crippen LogP contribution in [0.1, 0.15) is 18.4 Å². The second kappa shape index (κ2) is 6.81. The zero-order valence-electron chi connectivity index (χ0n) is 12.4. The van der Waals surface area contributed by atoms with Gasteiger partial charge in [-0.25, -0.2) is 0 Å². The number of aliphatic hydroxyl groups excluding tert-OH is 1. The fourth-order valence-electron chi connectivity index (χ4n) is 2.86. The first-order valence-electron chi connectivity index (χ1n) is 6.99. The maximum Gasteiger partial charge on any atom is 0.203 e. The Kier molecular flexibility index (Phi) is 5.09. The molecule has 0 aliphatic carbocycles.